The normalized spacial score (nSPS) is 13.2. The van der Waals surface area contributed by atoms with Crippen LogP contribution < -0.4 is 11.1 Å². The van der Waals surface area contributed by atoms with E-state index in [0.717, 1.165) is 13.0 Å². The average molecular weight is 244 g/mol. The molecule has 0 aliphatic carbocycles. The molecule has 1 atom stereocenters. The maximum absolute atomic E-state index is 5.70. The highest BCUT2D eigenvalue weighted by molar-refractivity contribution is 7.09. The van der Waals surface area contributed by atoms with Gasteiger partial charge in [0, 0.05) is 44.6 Å². The van der Waals surface area contributed by atoms with E-state index in [9.17, 15) is 0 Å². The van der Waals surface area contributed by atoms with E-state index in [1.165, 1.54) is 4.88 Å². The second kappa shape index (κ2) is 7.76. The Kier molecular flexibility index (Phi) is 6.59. The van der Waals surface area contributed by atoms with Crippen molar-refractivity contribution in [2.45, 2.75) is 25.3 Å². The highest BCUT2D eigenvalue weighted by atomic mass is 32.1. The molecular weight excluding hydrogens is 224 g/mol. The SMILES string of the molecule is COC(CC(CN)NCc1cccs1)OC. The lowest BCUT2D eigenvalue weighted by atomic mass is 10.2. The number of nitrogens with two attached hydrogens (primary N) is 1. The van der Waals surface area contributed by atoms with E-state index in [0.29, 0.717) is 6.54 Å². The minimum atomic E-state index is -0.190. The number of rotatable bonds is 8. The Balaban J connectivity index is 2.31. The summed E-state index contributed by atoms with van der Waals surface area (Å²) in [5.74, 6) is 0. The summed E-state index contributed by atoms with van der Waals surface area (Å²) in [5.41, 5.74) is 5.70. The maximum Gasteiger partial charge on any atom is 0.158 e. The molecule has 1 heterocycles. The van der Waals surface area contributed by atoms with Gasteiger partial charge < -0.3 is 20.5 Å². The molecular formula is C11H20N2O2S. The van der Waals surface area contributed by atoms with Gasteiger partial charge in [0.2, 0.25) is 0 Å². The zero-order valence-corrected chi connectivity index (χ0v) is 10.6. The molecule has 0 spiro atoms. The molecule has 0 bridgehead atoms. The Morgan fingerprint density at radius 3 is 2.69 bits per heavy atom. The molecule has 3 N–H and O–H groups in total. The lowest BCUT2D eigenvalue weighted by Gasteiger charge is -2.21. The molecule has 1 aromatic rings. The molecule has 0 aromatic carbocycles. The van der Waals surface area contributed by atoms with Gasteiger partial charge in [0.25, 0.3) is 0 Å². The van der Waals surface area contributed by atoms with Crippen molar-refractivity contribution in [2.24, 2.45) is 5.73 Å². The van der Waals surface area contributed by atoms with Crippen molar-refractivity contribution in [2.75, 3.05) is 20.8 Å². The highest BCUT2D eigenvalue weighted by Crippen LogP contribution is 2.09. The van der Waals surface area contributed by atoms with Crippen LogP contribution in [0.4, 0.5) is 0 Å². The zero-order valence-electron chi connectivity index (χ0n) is 9.81. The summed E-state index contributed by atoms with van der Waals surface area (Å²) in [6, 6.07) is 4.37. The number of methoxy groups -OCH3 is 2. The van der Waals surface area contributed by atoms with Gasteiger partial charge in [-0.25, -0.2) is 0 Å². The Bertz CT molecular complexity index is 263. The van der Waals surface area contributed by atoms with Crippen molar-refractivity contribution in [1.29, 1.82) is 0 Å². The highest BCUT2D eigenvalue weighted by Gasteiger charge is 2.13. The van der Waals surface area contributed by atoms with Crippen LogP contribution in [0, 0.1) is 0 Å². The van der Waals surface area contributed by atoms with Gasteiger partial charge >= 0.3 is 0 Å². The van der Waals surface area contributed by atoms with Gasteiger partial charge in [0.15, 0.2) is 6.29 Å². The van der Waals surface area contributed by atoms with Crippen LogP contribution in [-0.2, 0) is 16.0 Å². The first-order chi connectivity index (χ1) is 7.80. The standard InChI is InChI=1S/C11H20N2O2S/c1-14-11(15-2)6-9(7-12)13-8-10-4-3-5-16-10/h3-5,9,11,13H,6-8,12H2,1-2H3. The van der Waals surface area contributed by atoms with Gasteiger partial charge in [0.05, 0.1) is 0 Å². The molecule has 92 valence electrons. The van der Waals surface area contributed by atoms with Crippen LogP contribution in [-0.4, -0.2) is 33.1 Å². The Morgan fingerprint density at radius 1 is 1.44 bits per heavy atom. The van der Waals surface area contributed by atoms with Crippen molar-refractivity contribution in [1.82, 2.24) is 5.32 Å². The third kappa shape index (κ3) is 4.59. The smallest absolute Gasteiger partial charge is 0.158 e. The van der Waals surface area contributed by atoms with Crippen LogP contribution >= 0.6 is 11.3 Å². The van der Waals surface area contributed by atoms with Crippen LogP contribution in [0.2, 0.25) is 0 Å². The fourth-order valence-corrected chi connectivity index (χ4v) is 2.10. The Labute approximate surface area is 101 Å². The van der Waals surface area contributed by atoms with Gasteiger partial charge in [-0.15, -0.1) is 11.3 Å². The Hall–Kier alpha value is -0.460. The second-order valence-corrected chi connectivity index (χ2v) is 4.56. The van der Waals surface area contributed by atoms with E-state index < -0.39 is 0 Å². The van der Waals surface area contributed by atoms with E-state index in [2.05, 4.69) is 16.8 Å². The van der Waals surface area contributed by atoms with E-state index in [4.69, 9.17) is 15.2 Å². The van der Waals surface area contributed by atoms with Gasteiger partial charge in [-0.3, -0.25) is 0 Å². The second-order valence-electron chi connectivity index (χ2n) is 3.53. The number of ether oxygens (including phenoxy) is 2. The lowest BCUT2D eigenvalue weighted by molar-refractivity contribution is -0.110. The molecule has 0 radical (unpaired) electrons. The number of hydrogen-bond acceptors (Lipinski definition) is 5. The van der Waals surface area contributed by atoms with Crippen LogP contribution in [0.25, 0.3) is 0 Å². The lowest BCUT2D eigenvalue weighted by Crippen LogP contribution is -2.39. The predicted octanol–water partition coefficient (Wildman–Crippen LogP) is 1.17. The molecule has 0 aliphatic heterocycles. The van der Waals surface area contributed by atoms with Crippen LogP contribution in [0.1, 0.15) is 11.3 Å². The molecule has 1 unspecified atom stereocenters. The number of hydrogen-bond donors (Lipinski definition) is 2. The first-order valence-corrected chi connectivity index (χ1v) is 6.19. The minimum Gasteiger partial charge on any atom is -0.356 e. The van der Waals surface area contributed by atoms with Crippen LogP contribution in [0.15, 0.2) is 17.5 Å². The predicted molar refractivity (Wildman–Crippen MR) is 66.4 cm³/mol. The van der Waals surface area contributed by atoms with Crippen LogP contribution in [0.3, 0.4) is 0 Å². The minimum absolute atomic E-state index is 0.190. The third-order valence-electron chi connectivity index (χ3n) is 2.43. The summed E-state index contributed by atoms with van der Waals surface area (Å²) in [6.07, 6.45) is 0.568. The fourth-order valence-electron chi connectivity index (χ4n) is 1.44. The molecule has 1 aromatic heterocycles. The summed E-state index contributed by atoms with van der Waals surface area (Å²) in [4.78, 5) is 1.31. The van der Waals surface area contributed by atoms with Gasteiger partial charge in [-0.2, -0.15) is 0 Å². The third-order valence-corrected chi connectivity index (χ3v) is 3.31. The molecule has 0 amide bonds. The molecule has 16 heavy (non-hydrogen) atoms. The molecule has 4 nitrogen and oxygen atoms in total. The zero-order chi connectivity index (χ0) is 11.8. The molecule has 0 aliphatic rings. The summed E-state index contributed by atoms with van der Waals surface area (Å²) in [5, 5.41) is 5.47. The van der Waals surface area contributed by atoms with E-state index in [1.807, 2.05) is 6.07 Å². The van der Waals surface area contributed by atoms with Crippen molar-refractivity contribution in [3.63, 3.8) is 0 Å². The van der Waals surface area contributed by atoms with Crippen molar-refractivity contribution in [3.8, 4) is 0 Å². The summed E-state index contributed by atoms with van der Waals surface area (Å²) in [7, 11) is 3.28. The molecule has 0 fully saturated rings. The summed E-state index contributed by atoms with van der Waals surface area (Å²) in [6.45, 7) is 1.42. The van der Waals surface area contributed by atoms with Crippen LogP contribution in [0.5, 0.6) is 0 Å². The average Bonchev–Trinajstić information content (AvgIpc) is 2.83. The molecule has 1 rings (SSSR count). The molecule has 5 heteroatoms. The first-order valence-electron chi connectivity index (χ1n) is 5.31. The van der Waals surface area contributed by atoms with Crippen molar-refractivity contribution < 1.29 is 9.47 Å². The van der Waals surface area contributed by atoms with Gasteiger partial charge in [-0.05, 0) is 11.4 Å². The molecule has 0 saturated heterocycles. The van der Waals surface area contributed by atoms with Gasteiger partial charge in [0.1, 0.15) is 0 Å². The summed E-state index contributed by atoms with van der Waals surface area (Å²) < 4.78 is 10.3. The molecule has 0 saturated carbocycles. The topological polar surface area (TPSA) is 56.5 Å². The van der Waals surface area contributed by atoms with Gasteiger partial charge in [-0.1, -0.05) is 6.07 Å². The monoisotopic (exact) mass is 244 g/mol. The quantitative estimate of drug-likeness (QED) is 0.674. The van der Waals surface area contributed by atoms with E-state index in [-0.39, 0.29) is 12.3 Å². The van der Waals surface area contributed by atoms with Crippen molar-refractivity contribution in [3.05, 3.63) is 22.4 Å². The van der Waals surface area contributed by atoms with E-state index in [1.54, 1.807) is 25.6 Å². The van der Waals surface area contributed by atoms with E-state index >= 15 is 0 Å². The summed E-state index contributed by atoms with van der Waals surface area (Å²) >= 11 is 1.74. The number of nitrogens with one attached hydrogen (secondary N) is 1. The Morgan fingerprint density at radius 2 is 2.19 bits per heavy atom. The number of thiophene rings is 1. The fraction of sp³-hybridized carbons (Fsp3) is 0.636. The van der Waals surface area contributed by atoms with Crippen molar-refractivity contribution >= 4 is 11.3 Å². The largest absolute Gasteiger partial charge is 0.356 e. The first kappa shape index (κ1) is 13.6. The maximum atomic E-state index is 5.70.